The number of ketones is 1. The quantitative estimate of drug-likeness (QED) is 0.217. The van der Waals surface area contributed by atoms with E-state index in [0.717, 1.165) is 5.56 Å². The predicted octanol–water partition coefficient (Wildman–Crippen LogP) is 6.37. The van der Waals surface area contributed by atoms with Crippen molar-refractivity contribution in [2.24, 2.45) is 0 Å². The van der Waals surface area contributed by atoms with Gasteiger partial charge in [-0.15, -0.1) is 10.2 Å². The zero-order valence-corrected chi connectivity index (χ0v) is 19.1. The standard InChI is InChI=1S/C22H17BrClN3O2S/c1-14(20(28)16-8-5-9-17(24)12-16)30-22-26-25-21(18-10-11-19(23)29-18)27(22)13-15-6-3-2-4-7-15/h2-12,14H,13H2,1H3. The lowest BCUT2D eigenvalue weighted by Crippen LogP contribution is -2.15. The fourth-order valence-electron chi connectivity index (χ4n) is 2.99. The second kappa shape index (κ2) is 9.20. The molecule has 0 saturated carbocycles. The van der Waals surface area contributed by atoms with Gasteiger partial charge >= 0.3 is 0 Å². The number of furan rings is 1. The smallest absolute Gasteiger partial charge is 0.200 e. The molecule has 2 aromatic heterocycles. The van der Waals surface area contributed by atoms with Crippen molar-refractivity contribution >= 4 is 45.1 Å². The summed E-state index contributed by atoms with van der Waals surface area (Å²) in [6.45, 7) is 2.42. The maximum Gasteiger partial charge on any atom is 0.200 e. The highest BCUT2D eigenvalue weighted by atomic mass is 79.9. The largest absolute Gasteiger partial charge is 0.446 e. The summed E-state index contributed by atoms with van der Waals surface area (Å²) >= 11 is 10.7. The first-order chi connectivity index (χ1) is 14.5. The fourth-order valence-corrected chi connectivity index (χ4v) is 4.41. The molecule has 1 atom stereocenters. The van der Waals surface area contributed by atoms with Crippen LogP contribution in [-0.2, 0) is 6.54 Å². The van der Waals surface area contributed by atoms with E-state index in [9.17, 15) is 4.79 Å². The zero-order valence-electron chi connectivity index (χ0n) is 16.0. The average molecular weight is 503 g/mol. The van der Waals surface area contributed by atoms with Gasteiger partial charge in [0.15, 0.2) is 21.4 Å². The van der Waals surface area contributed by atoms with Crippen molar-refractivity contribution in [2.45, 2.75) is 23.9 Å². The summed E-state index contributed by atoms with van der Waals surface area (Å²) in [4.78, 5) is 12.9. The van der Waals surface area contributed by atoms with E-state index in [2.05, 4.69) is 26.1 Å². The van der Waals surface area contributed by atoms with Crippen molar-refractivity contribution in [1.82, 2.24) is 14.8 Å². The van der Waals surface area contributed by atoms with Gasteiger partial charge < -0.3 is 4.42 Å². The Kier molecular flexibility index (Phi) is 6.41. The van der Waals surface area contributed by atoms with Crippen molar-refractivity contribution in [3.05, 3.63) is 87.5 Å². The Morgan fingerprint density at radius 3 is 2.63 bits per heavy atom. The molecule has 2 aromatic carbocycles. The number of rotatable bonds is 7. The number of hydrogen-bond donors (Lipinski definition) is 0. The van der Waals surface area contributed by atoms with Crippen LogP contribution in [-0.4, -0.2) is 25.8 Å². The number of hydrogen-bond acceptors (Lipinski definition) is 5. The minimum absolute atomic E-state index is 0.0148. The Hall–Kier alpha value is -2.35. The normalized spacial score (nSPS) is 12.1. The molecule has 4 aromatic rings. The highest BCUT2D eigenvalue weighted by Gasteiger charge is 2.23. The number of halogens is 2. The summed E-state index contributed by atoms with van der Waals surface area (Å²) in [5.41, 5.74) is 1.67. The van der Waals surface area contributed by atoms with E-state index < -0.39 is 0 Å². The molecule has 4 rings (SSSR count). The highest BCUT2D eigenvalue weighted by molar-refractivity contribution is 9.10. The van der Waals surface area contributed by atoms with Crippen LogP contribution in [0.25, 0.3) is 11.6 Å². The number of nitrogens with zero attached hydrogens (tertiary/aromatic N) is 3. The number of benzene rings is 2. The summed E-state index contributed by atoms with van der Waals surface area (Å²) in [7, 11) is 0. The Labute approximate surface area is 191 Å². The van der Waals surface area contributed by atoms with Crippen LogP contribution in [0.3, 0.4) is 0 Å². The monoisotopic (exact) mass is 501 g/mol. The van der Waals surface area contributed by atoms with Crippen LogP contribution in [0, 0.1) is 0 Å². The maximum absolute atomic E-state index is 12.9. The van der Waals surface area contributed by atoms with Gasteiger partial charge in [-0.3, -0.25) is 9.36 Å². The lowest BCUT2D eigenvalue weighted by molar-refractivity contribution is 0.0994. The first-order valence-electron chi connectivity index (χ1n) is 9.20. The molecule has 30 heavy (non-hydrogen) atoms. The molecule has 1 unspecified atom stereocenters. The molecule has 0 spiro atoms. The van der Waals surface area contributed by atoms with E-state index >= 15 is 0 Å². The summed E-state index contributed by atoms with van der Waals surface area (Å²) in [5, 5.41) is 9.51. The molecule has 0 fully saturated rings. The van der Waals surface area contributed by atoms with Gasteiger partial charge in [0.25, 0.3) is 0 Å². The van der Waals surface area contributed by atoms with Crippen LogP contribution in [0.4, 0.5) is 0 Å². The molecule has 0 amide bonds. The molecule has 152 valence electrons. The van der Waals surface area contributed by atoms with Crippen LogP contribution >= 0.6 is 39.3 Å². The van der Waals surface area contributed by atoms with Crippen molar-refractivity contribution in [3.8, 4) is 11.6 Å². The van der Waals surface area contributed by atoms with Crippen LogP contribution in [0.2, 0.25) is 5.02 Å². The molecule has 8 heteroatoms. The fraction of sp³-hybridized carbons (Fsp3) is 0.136. The van der Waals surface area contributed by atoms with Crippen molar-refractivity contribution in [3.63, 3.8) is 0 Å². The Balaban J connectivity index is 1.65. The first-order valence-corrected chi connectivity index (χ1v) is 11.3. The number of Topliss-reactive ketones (excluding diaryl/α,β-unsaturated/α-hetero) is 1. The van der Waals surface area contributed by atoms with E-state index in [4.69, 9.17) is 16.0 Å². The summed E-state index contributed by atoms with van der Waals surface area (Å²) in [6, 6.07) is 20.7. The van der Waals surface area contributed by atoms with E-state index in [1.165, 1.54) is 11.8 Å². The van der Waals surface area contributed by atoms with Crippen molar-refractivity contribution < 1.29 is 9.21 Å². The molecule has 0 bridgehead atoms. The molecular formula is C22H17BrClN3O2S. The molecule has 0 aliphatic carbocycles. The van der Waals surface area contributed by atoms with Gasteiger partial charge in [-0.1, -0.05) is 65.8 Å². The van der Waals surface area contributed by atoms with E-state index in [1.807, 2.05) is 54.0 Å². The van der Waals surface area contributed by atoms with Crippen molar-refractivity contribution in [2.75, 3.05) is 0 Å². The summed E-state index contributed by atoms with van der Waals surface area (Å²) in [5.74, 6) is 1.19. The predicted molar refractivity (Wildman–Crippen MR) is 122 cm³/mol. The van der Waals surface area contributed by atoms with E-state index in [0.29, 0.717) is 38.5 Å². The van der Waals surface area contributed by atoms with Crippen LogP contribution in [0.1, 0.15) is 22.8 Å². The third-order valence-electron chi connectivity index (χ3n) is 4.45. The lowest BCUT2D eigenvalue weighted by Gasteiger charge is -2.13. The SMILES string of the molecule is CC(Sc1nnc(-c2ccc(Br)o2)n1Cc1ccccc1)C(=O)c1cccc(Cl)c1. The molecule has 5 nitrogen and oxygen atoms in total. The number of carbonyl (C=O) groups is 1. The number of carbonyl (C=O) groups excluding carboxylic acids is 1. The number of aromatic nitrogens is 3. The number of thioether (sulfide) groups is 1. The van der Waals surface area contributed by atoms with E-state index in [1.54, 1.807) is 24.3 Å². The van der Waals surface area contributed by atoms with Gasteiger partial charge in [0, 0.05) is 10.6 Å². The van der Waals surface area contributed by atoms with Gasteiger partial charge in [-0.05, 0) is 52.7 Å². The van der Waals surface area contributed by atoms with Crippen molar-refractivity contribution in [1.29, 1.82) is 0 Å². The minimum atomic E-state index is -0.363. The molecule has 0 saturated heterocycles. The van der Waals surface area contributed by atoms with Crippen LogP contribution in [0.5, 0.6) is 0 Å². The molecule has 2 heterocycles. The second-order valence-electron chi connectivity index (χ2n) is 6.62. The third kappa shape index (κ3) is 4.69. The van der Waals surface area contributed by atoms with Gasteiger partial charge in [0.1, 0.15) is 0 Å². The van der Waals surface area contributed by atoms with Crippen LogP contribution < -0.4 is 0 Å². The molecule has 0 radical (unpaired) electrons. The average Bonchev–Trinajstić information content (AvgIpc) is 3.34. The Morgan fingerprint density at radius 2 is 1.93 bits per heavy atom. The Bertz CT molecular complexity index is 1180. The Morgan fingerprint density at radius 1 is 1.13 bits per heavy atom. The third-order valence-corrected chi connectivity index (χ3v) is 6.20. The summed E-state index contributed by atoms with van der Waals surface area (Å²) in [6.07, 6.45) is 0. The van der Waals surface area contributed by atoms with Crippen LogP contribution in [0.15, 0.2) is 81.0 Å². The summed E-state index contributed by atoms with van der Waals surface area (Å²) < 4.78 is 8.28. The van der Waals surface area contributed by atoms with E-state index in [-0.39, 0.29) is 11.0 Å². The lowest BCUT2D eigenvalue weighted by atomic mass is 10.1. The van der Waals surface area contributed by atoms with Gasteiger partial charge in [-0.25, -0.2) is 0 Å². The molecule has 0 N–H and O–H groups in total. The highest BCUT2D eigenvalue weighted by Crippen LogP contribution is 2.31. The zero-order chi connectivity index (χ0) is 21.1. The topological polar surface area (TPSA) is 60.9 Å². The first kappa shape index (κ1) is 20.9. The second-order valence-corrected chi connectivity index (χ2v) is 9.14. The van der Waals surface area contributed by atoms with Gasteiger partial charge in [0.05, 0.1) is 11.8 Å². The minimum Gasteiger partial charge on any atom is -0.446 e. The van der Waals surface area contributed by atoms with Gasteiger partial charge in [0.2, 0.25) is 5.82 Å². The molecule has 0 aliphatic rings. The van der Waals surface area contributed by atoms with Gasteiger partial charge in [-0.2, -0.15) is 0 Å². The molecule has 0 aliphatic heterocycles. The molecular weight excluding hydrogens is 486 g/mol. The maximum atomic E-state index is 12.9.